The quantitative estimate of drug-likeness (QED) is 0.376. The first-order valence-electron chi connectivity index (χ1n) is 9.97. The first-order chi connectivity index (χ1) is 15.5. The van der Waals surface area contributed by atoms with Crippen molar-refractivity contribution in [1.29, 1.82) is 0 Å². The molecule has 32 heavy (non-hydrogen) atoms. The second kappa shape index (κ2) is 11.2. The van der Waals surface area contributed by atoms with Gasteiger partial charge in [-0.25, -0.2) is 4.39 Å². The molecule has 0 spiro atoms. The van der Waals surface area contributed by atoms with Crippen molar-refractivity contribution >= 4 is 29.5 Å². The van der Waals surface area contributed by atoms with Crippen LogP contribution in [-0.2, 0) is 4.79 Å². The monoisotopic (exact) mass is 431 g/mol. The van der Waals surface area contributed by atoms with Crippen molar-refractivity contribution in [3.63, 3.8) is 0 Å². The molecule has 3 aromatic carbocycles. The Hall–Kier alpha value is -4.26. The Balaban J connectivity index is 1.42. The zero-order valence-corrected chi connectivity index (χ0v) is 17.2. The molecular formula is C25H22FN3O3. The van der Waals surface area contributed by atoms with E-state index in [2.05, 4.69) is 16.0 Å². The molecule has 0 aliphatic carbocycles. The van der Waals surface area contributed by atoms with Crippen LogP contribution in [0, 0.1) is 5.82 Å². The Labute approximate surface area is 185 Å². The highest BCUT2D eigenvalue weighted by molar-refractivity contribution is 6.02. The number of anilines is 1. The molecule has 0 bridgehead atoms. The Bertz CT molecular complexity index is 1100. The van der Waals surface area contributed by atoms with Crippen molar-refractivity contribution < 1.29 is 18.8 Å². The smallest absolute Gasteiger partial charge is 0.251 e. The average Bonchev–Trinajstić information content (AvgIpc) is 2.82. The summed E-state index contributed by atoms with van der Waals surface area (Å²) in [6.45, 7) is 0.581. The van der Waals surface area contributed by atoms with Crippen LogP contribution in [0.15, 0.2) is 84.9 Å². The predicted molar refractivity (Wildman–Crippen MR) is 122 cm³/mol. The predicted octanol–water partition coefficient (Wildman–Crippen LogP) is 3.64. The molecule has 0 radical (unpaired) electrons. The molecule has 0 aromatic heterocycles. The number of halogens is 1. The van der Waals surface area contributed by atoms with Gasteiger partial charge < -0.3 is 16.0 Å². The van der Waals surface area contributed by atoms with E-state index < -0.39 is 0 Å². The summed E-state index contributed by atoms with van der Waals surface area (Å²) >= 11 is 0. The van der Waals surface area contributed by atoms with Crippen LogP contribution in [0.1, 0.15) is 26.3 Å². The number of benzene rings is 3. The van der Waals surface area contributed by atoms with Gasteiger partial charge in [0.15, 0.2) is 0 Å². The maximum absolute atomic E-state index is 12.9. The van der Waals surface area contributed by atoms with Gasteiger partial charge in [0.25, 0.3) is 11.8 Å². The lowest BCUT2D eigenvalue weighted by Crippen LogP contribution is -2.34. The van der Waals surface area contributed by atoms with E-state index in [-0.39, 0.29) is 30.1 Å². The molecule has 6 nitrogen and oxygen atoms in total. The highest BCUT2D eigenvalue weighted by Crippen LogP contribution is 2.10. The van der Waals surface area contributed by atoms with Crippen LogP contribution >= 0.6 is 0 Å². The fraction of sp³-hybridized carbons (Fsp3) is 0.0800. The minimum absolute atomic E-state index is 0.201. The van der Waals surface area contributed by atoms with E-state index in [9.17, 15) is 18.8 Å². The fourth-order valence-electron chi connectivity index (χ4n) is 2.78. The highest BCUT2D eigenvalue weighted by atomic mass is 19.1. The minimum Gasteiger partial charge on any atom is -0.350 e. The summed E-state index contributed by atoms with van der Waals surface area (Å²) in [6.07, 6.45) is 2.92. The number of carbonyl (C=O) groups excluding carboxylic acids is 3. The van der Waals surface area contributed by atoms with Gasteiger partial charge in [-0.05, 0) is 60.2 Å². The number of rotatable bonds is 8. The molecule has 3 rings (SSSR count). The summed E-state index contributed by atoms with van der Waals surface area (Å²) in [4.78, 5) is 36.2. The van der Waals surface area contributed by atoms with Gasteiger partial charge in [0, 0.05) is 36.0 Å². The topological polar surface area (TPSA) is 87.3 Å². The van der Waals surface area contributed by atoms with Gasteiger partial charge in [-0.3, -0.25) is 14.4 Å². The van der Waals surface area contributed by atoms with Gasteiger partial charge in [-0.15, -0.1) is 0 Å². The van der Waals surface area contributed by atoms with Crippen molar-refractivity contribution in [2.24, 2.45) is 0 Å². The van der Waals surface area contributed by atoms with E-state index in [1.807, 2.05) is 6.07 Å². The maximum atomic E-state index is 12.9. The molecule has 3 aromatic rings. The summed E-state index contributed by atoms with van der Waals surface area (Å²) in [7, 11) is 0. The van der Waals surface area contributed by atoms with Crippen LogP contribution in [0.2, 0.25) is 0 Å². The van der Waals surface area contributed by atoms with E-state index in [1.165, 1.54) is 18.2 Å². The average molecular weight is 431 g/mol. The summed E-state index contributed by atoms with van der Waals surface area (Å²) in [5.74, 6) is -1.17. The van der Waals surface area contributed by atoms with Crippen LogP contribution in [0.25, 0.3) is 6.08 Å². The largest absolute Gasteiger partial charge is 0.350 e. The SMILES string of the molecule is O=C(/C=C/c1ccc(F)cc1)Nc1ccc(C(=O)NCCNC(=O)c2ccccc2)cc1. The van der Waals surface area contributed by atoms with Gasteiger partial charge in [0.1, 0.15) is 5.82 Å². The van der Waals surface area contributed by atoms with Crippen molar-refractivity contribution in [1.82, 2.24) is 10.6 Å². The van der Waals surface area contributed by atoms with Crippen molar-refractivity contribution in [3.8, 4) is 0 Å². The second-order valence-corrected chi connectivity index (χ2v) is 6.83. The van der Waals surface area contributed by atoms with Gasteiger partial charge in [-0.2, -0.15) is 0 Å². The van der Waals surface area contributed by atoms with Crippen molar-refractivity contribution in [2.75, 3.05) is 18.4 Å². The van der Waals surface area contributed by atoms with Crippen LogP contribution < -0.4 is 16.0 Å². The first-order valence-corrected chi connectivity index (χ1v) is 9.97. The molecule has 0 aliphatic rings. The van der Waals surface area contributed by atoms with Gasteiger partial charge in [-0.1, -0.05) is 30.3 Å². The van der Waals surface area contributed by atoms with Crippen LogP contribution in [0.5, 0.6) is 0 Å². The number of amides is 3. The molecule has 0 aliphatic heterocycles. The molecule has 0 atom stereocenters. The third-order valence-corrected chi connectivity index (χ3v) is 4.44. The fourth-order valence-corrected chi connectivity index (χ4v) is 2.78. The lowest BCUT2D eigenvalue weighted by Gasteiger charge is -2.08. The summed E-state index contributed by atoms with van der Waals surface area (Å²) < 4.78 is 12.9. The van der Waals surface area contributed by atoms with Crippen molar-refractivity contribution in [3.05, 3.63) is 107 Å². The molecule has 3 N–H and O–H groups in total. The van der Waals surface area contributed by atoms with Gasteiger partial charge in [0.05, 0.1) is 0 Å². The lowest BCUT2D eigenvalue weighted by atomic mass is 10.2. The van der Waals surface area contributed by atoms with Crippen LogP contribution in [0.3, 0.4) is 0 Å². The summed E-state index contributed by atoms with van der Waals surface area (Å²) in [5.41, 5.74) is 2.22. The van der Waals surface area contributed by atoms with E-state index in [0.29, 0.717) is 28.9 Å². The Morgan fingerprint density at radius 2 is 1.28 bits per heavy atom. The number of carbonyl (C=O) groups is 3. The Morgan fingerprint density at radius 3 is 1.88 bits per heavy atom. The Morgan fingerprint density at radius 1 is 0.719 bits per heavy atom. The summed E-state index contributed by atoms with van der Waals surface area (Å²) in [5, 5.41) is 8.16. The van der Waals surface area contributed by atoms with E-state index in [4.69, 9.17) is 0 Å². The maximum Gasteiger partial charge on any atom is 0.251 e. The third kappa shape index (κ3) is 6.91. The second-order valence-electron chi connectivity index (χ2n) is 6.83. The normalized spacial score (nSPS) is 10.5. The van der Waals surface area contributed by atoms with Gasteiger partial charge >= 0.3 is 0 Å². The molecule has 0 saturated heterocycles. The van der Waals surface area contributed by atoms with Crippen molar-refractivity contribution in [2.45, 2.75) is 0 Å². The molecule has 0 saturated carbocycles. The molecule has 0 unspecified atom stereocenters. The zero-order valence-electron chi connectivity index (χ0n) is 17.2. The first kappa shape index (κ1) is 22.4. The zero-order chi connectivity index (χ0) is 22.8. The molecule has 3 amide bonds. The highest BCUT2D eigenvalue weighted by Gasteiger charge is 2.07. The molecule has 0 fully saturated rings. The van der Waals surface area contributed by atoms with E-state index in [0.717, 1.165) is 0 Å². The van der Waals surface area contributed by atoms with E-state index >= 15 is 0 Å². The number of hydrogen-bond acceptors (Lipinski definition) is 3. The summed E-state index contributed by atoms with van der Waals surface area (Å²) in [6, 6.07) is 21.0. The number of hydrogen-bond donors (Lipinski definition) is 3. The Kier molecular flexibility index (Phi) is 7.86. The van der Waals surface area contributed by atoms with Gasteiger partial charge in [0.2, 0.25) is 5.91 Å². The molecule has 0 heterocycles. The van der Waals surface area contributed by atoms with E-state index in [1.54, 1.807) is 66.7 Å². The number of nitrogens with one attached hydrogen (secondary N) is 3. The standard InChI is InChI=1S/C25H22FN3O3/c26-21-11-6-18(7-12-21)8-15-23(30)29-22-13-9-20(10-14-22)25(32)28-17-16-27-24(31)19-4-2-1-3-5-19/h1-15H,16-17H2,(H,27,31)(H,28,32)(H,29,30)/b15-8+. The van der Waals surface area contributed by atoms with Crippen LogP contribution in [0.4, 0.5) is 10.1 Å². The molecule has 162 valence electrons. The molecule has 7 heteroatoms. The van der Waals surface area contributed by atoms with Crippen LogP contribution in [-0.4, -0.2) is 30.8 Å². The minimum atomic E-state index is -0.347. The third-order valence-electron chi connectivity index (χ3n) is 4.44. The lowest BCUT2D eigenvalue weighted by molar-refractivity contribution is -0.111. The molecular weight excluding hydrogens is 409 g/mol.